The number of benzene rings is 2. The second-order valence-electron chi connectivity index (χ2n) is 7.20. The van der Waals surface area contributed by atoms with E-state index in [0.717, 1.165) is 12.8 Å². The van der Waals surface area contributed by atoms with E-state index in [2.05, 4.69) is 26.1 Å². The van der Waals surface area contributed by atoms with Crippen LogP contribution in [0.15, 0.2) is 42.5 Å². The van der Waals surface area contributed by atoms with Crippen LogP contribution in [-0.4, -0.2) is 31.7 Å². The van der Waals surface area contributed by atoms with Crippen LogP contribution < -0.4 is 14.8 Å². The third-order valence-electron chi connectivity index (χ3n) is 4.43. The summed E-state index contributed by atoms with van der Waals surface area (Å²) in [5.41, 5.74) is 2.15. The van der Waals surface area contributed by atoms with E-state index in [1.807, 2.05) is 31.2 Å². The average Bonchev–Trinajstić information content (AvgIpc) is 2.73. The van der Waals surface area contributed by atoms with Crippen LogP contribution in [0.25, 0.3) is 0 Å². The molecule has 0 bridgehead atoms. The average molecular weight is 414 g/mol. The molecule has 6 nitrogen and oxygen atoms in total. The molecule has 2 aromatic rings. The number of carbonyl (C=O) groups excluding carboxylic acids is 2. The first kappa shape index (κ1) is 23.3. The Hall–Kier alpha value is -3.02. The van der Waals surface area contributed by atoms with Crippen LogP contribution >= 0.6 is 0 Å². The lowest BCUT2D eigenvalue weighted by Crippen LogP contribution is -2.21. The molecule has 0 aliphatic rings. The smallest absolute Gasteiger partial charge is 0.338 e. The van der Waals surface area contributed by atoms with Crippen LogP contribution in [0.5, 0.6) is 11.5 Å². The van der Waals surface area contributed by atoms with Gasteiger partial charge in [-0.25, -0.2) is 4.79 Å². The molecule has 0 heterocycles. The van der Waals surface area contributed by atoms with Gasteiger partial charge in [-0.05, 0) is 55.2 Å². The molecule has 1 amide bonds. The lowest BCUT2D eigenvalue weighted by molar-refractivity contribution is -0.119. The lowest BCUT2D eigenvalue weighted by Gasteiger charge is -2.13. The number of hydrogen-bond acceptors (Lipinski definition) is 5. The van der Waals surface area contributed by atoms with E-state index in [-0.39, 0.29) is 6.61 Å². The normalized spacial score (nSPS) is 10.6. The van der Waals surface area contributed by atoms with Gasteiger partial charge in [0.2, 0.25) is 0 Å². The molecular weight excluding hydrogens is 382 g/mol. The zero-order valence-electron chi connectivity index (χ0n) is 18.2. The van der Waals surface area contributed by atoms with Gasteiger partial charge in [0.05, 0.1) is 18.8 Å². The monoisotopic (exact) mass is 413 g/mol. The predicted octanol–water partition coefficient (Wildman–Crippen LogP) is 5.18. The van der Waals surface area contributed by atoms with Crippen molar-refractivity contribution in [2.24, 2.45) is 0 Å². The molecule has 0 aromatic heterocycles. The van der Waals surface area contributed by atoms with Crippen molar-refractivity contribution in [1.82, 2.24) is 0 Å². The maximum atomic E-state index is 12.4. The molecule has 2 rings (SSSR count). The molecule has 0 saturated heterocycles. The first-order valence-electron chi connectivity index (χ1n) is 10.4. The Morgan fingerprint density at radius 2 is 1.70 bits per heavy atom. The first-order valence-corrected chi connectivity index (χ1v) is 10.4. The molecule has 0 saturated carbocycles. The van der Waals surface area contributed by atoms with Crippen molar-refractivity contribution in [2.45, 2.75) is 46.5 Å². The van der Waals surface area contributed by atoms with Crippen molar-refractivity contribution >= 4 is 17.6 Å². The van der Waals surface area contributed by atoms with E-state index in [0.29, 0.717) is 41.9 Å². The highest BCUT2D eigenvalue weighted by molar-refractivity contribution is 5.95. The Morgan fingerprint density at radius 3 is 2.33 bits per heavy atom. The highest BCUT2D eigenvalue weighted by Crippen LogP contribution is 2.29. The van der Waals surface area contributed by atoms with Gasteiger partial charge in [-0.3, -0.25) is 4.79 Å². The van der Waals surface area contributed by atoms with Gasteiger partial charge in [-0.2, -0.15) is 0 Å². The minimum atomic E-state index is -0.596. The summed E-state index contributed by atoms with van der Waals surface area (Å²) in [6, 6.07) is 12.5. The summed E-state index contributed by atoms with van der Waals surface area (Å²) in [4.78, 5) is 24.5. The highest BCUT2D eigenvalue weighted by atomic mass is 16.5. The molecule has 162 valence electrons. The molecule has 0 radical (unpaired) electrons. The first-order chi connectivity index (χ1) is 14.4. The van der Waals surface area contributed by atoms with E-state index in [9.17, 15) is 9.59 Å². The van der Waals surface area contributed by atoms with Gasteiger partial charge in [0, 0.05) is 5.69 Å². The molecule has 1 N–H and O–H groups in total. The van der Waals surface area contributed by atoms with E-state index >= 15 is 0 Å². The minimum Gasteiger partial charge on any atom is -0.490 e. The molecule has 6 heteroatoms. The molecule has 0 aliphatic heterocycles. The number of amides is 1. The van der Waals surface area contributed by atoms with Crippen LogP contribution in [-0.2, 0) is 9.53 Å². The van der Waals surface area contributed by atoms with Crippen LogP contribution in [0, 0.1) is 0 Å². The van der Waals surface area contributed by atoms with Crippen molar-refractivity contribution in [3.05, 3.63) is 53.6 Å². The fourth-order valence-corrected chi connectivity index (χ4v) is 2.71. The SMILES string of the molecule is CCCCOc1ccc(C(=O)OCC(=O)Nc2ccc(C(C)C)cc2)cc1OCC. The van der Waals surface area contributed by atoms with Crippen molar-refractivity contribution in [3.63, 3.8) is 0 Å². The Labute approximate surface area is 178 Å². The number of esters is 1. The van der Waals surface area contributed by atoms with Crippen molar-refractivity contribution in [2.75, 3.05) is 25.1 Å². The van der Waals surface area contributed by atoms with Gasteiger partial charge in [0.1, 0.15) is 0 Å². The second-order valence-corrected chi connectivity index (χ2v) is 7.20. The zero-order chi connectivity index (χ0) is 21.9. The van der Waals surface area contributed by atoms with Gasteiger partial charge >= 0.3 is 5.97 Å². The molecule has 0 spiro atoms. The Balaban J connectivity index is 1.92. The molecule has 30 heavy (non-hydrogen) atoms. The predicted molar refractivity (Wildman–Crippen MR) is 117 cm³/mol. The lowest BCUT2D eigenvalue weighted by atomic mass is 10.0. The van der Waals surface area contributed by atoms with Gasteiger partial charge in [0.25, 0.3) is 5.91 Å². The number of unbranched alkanes of at least 4 members (excludes halogenated alkanes) is 1. The zero-order valence-corrected chi connectivity index (χ0v) is 18.2. The van der Waals surface area contributed by atoms with Crippen LogP contribution in [0.4, 0.5) is 5.69 Å². The Morgan fingerprint density at radius 1 is 0.967 bits per heavy atom. The molecule has 0 aliphatic carbocycles. The highest BCUT2D eigenvalue weighted by Gasteiger charge is 2.14. The van der Waals surface area contributed by atoms with E-state index in [1.165, 1.54) is 5.56 Å². The van der Waals surface area contributed by atoms with Crippen molar-refractivity contribution < 1.29 is 23.8 Å². The maximum absolute atomic E-state index is 12.4. The summed E-state index contributed by atoms with van der Waals surface area (Å²) < 4.78 is 16.4. The number of anilines is 1. The fourth-order valence-electron chi connectivity index (χ4n) is 2.71. The second kappa shape index (κ2) is 11.9. The molecule has 0 atom stereocenters. The molecular formula is C24H31NO5. The van der Waals surface area contributed by atoms with Crippen LogP contribution in [0.3, 0.4) is 0 Å². The summed E-state index contributed by atoms with van der Waals surface area (Å²) in [6.45, 7) is 8.81. The standard InChI is InChI=1S/C24H31NO5/c1-5-7-14-29-21-13-10-19(15-22(21)28-6-2)24(27)30-16-23(26)25-20-11-8-18(9-12-20)17(3)4/h8-13,15,17H,5-7,14,16H2,1-4H3,(H,25,26). The quantitative estimate of drug-likeness (QED) is 0.406. The minimum absolute atomic E-state index is 0.301. The van der Waals surface area contributed by atoms with Gasteiger partial charge < -0.3 is 19.5 Å². The third kappa shape index (κ3) is 7.10. The summed E-state index contributed by atoms with van der Waals surface area (Å²) in [5, 5.41) is 2.72. The molecule has 0 unspecified atom stereocenters. The summed E-state index contributed by atoms with van der Waals surface area (Å²) >= 11 is 0. The van der Waals surface area contributed by atoms with Crippen molar-refractivity contribution in [3.8, 4) is 11.5 Å². The third-order valence-corrected chi connectivity index (χ3v) is 4.43. The van der Waals surface area contributed by atoms with Crippen LogP contribution in [0.1, 0.15) is 62.4 Å². The number of rotatable bonds is 11. The summed E-state index contributed by atoms with van der Waals surface area (Å²) in [7, 11) is 0. The number of nitrogens with one attached hydrogen (secondary N) is 1. The van der Waals surface area contributed by atoms with Gasteiger partial charge in [-0.1, -0.05) is 39.3 Å². The van der Waals surface area contributed by atoms with E-state index in [4.69, 9.17) is 14.2 Å². The van der Waals surface area contributed by atoms with E-state index in [1.54, 1.807) is 18.2 Å². The summed E-state index contributed by atoms with van der Waals surface area (Å²) in [6.07, 6.45) is 1.96. The summed E-state index contributed by atoms with van der Waals surface area (Å²) in [5.74, 6) is 0.495. The van der Waals surface area contributed by atoms with Crippen molar-refractivity contribution in [1.29, 1.82) is 0 Å². The number of hydrogen-bond donors (Lipinski definition) is 1. The topological polar surface area (TPSA) is 73.9 Å². The molecule has 2 aromatic carbocycles. The van der Waals surface area contributed by atoms with Crippen LogP contribution in [0.2, 0.25) is 0 Å². The molecule has 0 fully saturated rings. The van der Waals surface area contributed by atoms with E-state index < -0.39 is 11.9 Å². The largest absolute Gasteiger partial charge is 0.490 e. The fraction of sp³-hybridized carbons (Fsp3) is 0.417. The Kier molecular flexibility index (Phi) is 9.19. The number of carbonyl (C=O) groups is 2. The van der Waals surface area contributed by atoms with Gasteiger partial charge in [-0.15, -0.1) is 0 Å². The Bertz CT molecular complexity index is 830. The maximum Gasteiger partial charge on any atom is 0.338 e. The van der Waals surface area contributed by atoms with Gasteiger partial charge in [0.15, 0.2) is 18.1 Å². The number of ether oxygens (including phenoxy) is 3.